The van der Waals surface area contributed by atoms with E-state index in [2.05, 4.69) is 9.97 Å². The van der Waals surface area contributed by atoms with Crippen LogP contribution in [0.5, 0.6) is 5.75 Å². The molecule has 0 fully saturated rings. The molecule has 4 nitrogen and oxygen atoms in total. The molecule has 2 aromatic rings. The fraction of sp³-hybridized carbons (Fsp3) is 0.286. The van der Waals surface area contributed by atoms with Crippen molar-refractivity contribution in [3.63, 3.8) is 0 Å². The van der Waals surface area contributed by atoms with Gasteiger partial charge in [-0.15, -0.1) is 0 Å². The summed E-state index contributed by atoms with van der Waals surface area (Å²) in [5.74, 6) is 1.34. The third kappa shape index (κ3) is 2.65. The van der Waals surface area contributed by atoms with Crippen molar-refractivity contribution in [2.45, 2.75) is 20.5 Å². The van der Waals surface area contributed by atoms with Crippen molar-refractivity contribution in [1.29, 1.82) is 0 Å². The molecule has 1 aromatic heterocycles. The molecule has 0 aliphatic carbocycles. The number of aliphatic hydroxyl groups excluding tert-OH is 1. The zero-order chi connectivity index (χ0) is 13.0. The predicted molar refractivity (Wildman–Crippen MR) is 69.3 cm³/mol. The summed E-state index contributed by atoms with van der Waals surface area (Å²) < 4.78 is 5.56. The summed E-state index contributed by atoms with van der Waals surface area (Å²) in [7, 11) is 0. The Labute approximate surface area is 106 Å². The molecule has 94 valence electrons. The van der Waals surface area contributed by atoms with Crippen molar-refractivity contribution < 1.29 is 9.84 Å². The first-order chi connectivity index (χ1) is 8.74. The summed E-state index contributed by atoms with van der Waals surface area (Å²) >= 11 is 0. The lowest BCUT2D eigenvalue weighted by molar-refractivity contribution is 0.276. The third-order valence-corrected chi connectivity index (χ3v) is 2.50. The molecule has 0 saturated carbocycles. The lowest BCUT2D eigenvalue weighted by Crippen LogP contribution is -2.00. The van der Waals surface area contributed by atoms with Gasteiger partial charge in [0.25, 0.3) is 0 Å². The molecule has 0 spiro atoms. The molecule has 2 rings (SSSR count). The Bertz CT molecular complexity index is 541. The van der Waals surface area contributed by atoms with E-state index in [4.69, 9.17) is 4.74 Å². The van der Waals surface area contributed by atoms with E-state index in [-0.39, 0.29) is 6.61 Å². The molecule has 0 aliphatic rings. The van der Waals surface area contributed by atoms with E-state index in [9.17, 15) is 5.11 Å². The van der Waals surface area contributed by atoms with E-state index < -0.39 is 0 Å². The number of rotatable bonds is 4. The summed E-state index contributed by atoms with van der Waals surface area (Å²) in [5, 5.41) is 9.18. The first kappa shape index (κ1) is 12.5. The minimum absolute atomic E-state index is 0.0901. The molecule has 0 radical (unpaired) electrons. The second-order valence-corrected chi connectivity index (χ2v) is 3.91. The number of hydrogen-bond donors (Lipinski definition) is 1. The zero-order valence-corrected chi connectivity index (χ0v) is 10.6. The molecule has 1 N–H and O–H groups in total. The van der Waals surface area contributed by atoms with Crippen molar-refractivity contribution in [3.05, 3.63) is 41.7 Å². The van der Waals surface area contributed by atoms with E-state index >= 15 is 0 Å². The highest BCUT2D eigenvalue weighted by Gasteiger charge is 2.09. The maximum Gasteiger partial charge on any atom is 0.163 e. The van der Waals surface area contributed by atoms with Crippen LogP contribution in [0, 0.1) is 6.92 Å². The molecule has 0 saturated heterocycles. The van der Waals surface area contributed by atoms with Crippen LogP contribution in [-0.4, -0.2) is 21.7 Å². The average Bonchev–Trinajstić information content (AvgIpc) is 2.39. The lowest BCUT2D eigenvalue weighted by Gasteiger charge is -2.10. The summed E-state index contributed by atoms with van der Waals surface area (Å²) in [6.45, 7) is 4.32. The van der Waals surface area contributed by atoms with E-state index in [1.165, 1.54) is 0 Å². The van der Waals surface area contributed by atoms with Crippen LogP contribution in [-0.2, 0) is 6.61 Å². The Morgan fingerprint density at radius 1 is 1.22 bits per heavy atom. The van der Waals surface area contributed by atoms with Crippen LogP contribution in [0.3, 0.4) is 0 Å². The van der Waals surface area contributed by atoms with Crippen LogP contribution in [0.15, 0.2) is 30.3 Å². The Morgan fingerprint density at radius 3 is 2.72 bits per heavy atom. The smallest absolute Gasteiger partial charge is 0.163 e. The van der Waals surface area contributed by atoms with Gasteiger partial charge in [0.05, 0.1) is 24.5 Å². The van der Waals surface area contributed by atoms with E-state index in [1.807, 2.05) is 38.1 Å². The van der Waals surface area contributed by atoms with E-state index in [1.54, 1.807) is 6.07 Å². The standard InChI is InChI=1S/C14H16N2O2/c1-3-18-13-7-5-4-6-12(13)14-15-10(2)8-11(9-17)16-14/h4-8,17H,3,9H2,1-2H3. The summed E-state index contributed by atoms with van der Waals surface area (Å²) in [6, 6.07) is 9.41. The van der Waals surface area contributed by atoms with E-state index in [0.717, 1.165) is 17.0 Å². The maximum atomic E-state index is 9.18. The van der Waals surface area contributed by atoms with E-state index in [0.29, 0.717) is 18.1 Å². The van der Waals surface area contributed by atoms with Crippen molar-refractivity contribution in [2.75, 3.05) is 6.61 Å². The summed E-state index contributed by atoms with van der Waals surface area (Å²) in [6.07, 6.45) is 0. The Kier molecular flexibility index (Phi) is 3.89. The first-order valence-corrected chi connectivity index (χ1v) is 5.92. The lowest BCUT2D eigenvalue weighted by atomic mass is 10.1. The number of ether oxygens (including phenoxy) is 1. The second kappa shape index (κ2) is 5.60. The third-order valence-electron chi connectivity index (χ3n) is 2.50. The molecular weight excluding hydrogens is 228 g/mol. The molecule has 4 heteroatoms. The number of nitrogens with zero attached hydrogens (tertiary/aromatic N) is 2. The van der Waals surface area contributed by atoms with Gasteiger partial charge in [-0.2, -0.15) is 0 Å². The van der Waals surface area contributed by atoms with Crippen LogP contribution >= 0.6 is 0 Å². The van der Waals surface area contributed by atoms with Crippen LogP contribution < -0.4 is 4.74 Å². The number of benzene rings is 1. The molecule has 0 amide bonds. The molecular formula is C14H16N2O2. The quantitative estimate of drug-likeness (QED) is 0.897. The molecule has 1 aromatic carbocycles. The topological polar surface area (TPSA) is 55.2 Å². The van der Waals surface area contributed by atoms with Gasteiger partial charge >= 0.3 is 0 Å². The van der Waals surface area contributed by atoms with Crippen LogP contribution in [0.2, 0.25) is 0 Å². The van der Waals surface area contributed by atoms with Crippen molar-refractivity contribution in [3.8, 4) is 17.1 Å². The van der Waals surface area contributed by atoms with Crippen molar-refractivity contribution >= 4 is 0 Å². The molecule has 1 heterocycles. The Hall–Kier alpha value is -1.94. The van der Waals surface area contributed by atoms with Crippen LogP contribution in [0.25, 0.3) is 11.4 Å². The highest BCUT2D eigenvalue weighted by atomic mass is 16.5. The molecule has 18 heavy (non-hydrogen) atoms. The predicted octanol–water partition coefficient (Wildman–Crippen LogP) is 2.34. The monoisotopic (exact) mass is 244 g/mol. The van der Waals surface area contributed by atoms with Gasteiger partial charge in [0.2, 0.25) is 0 Å². The van der Waals surface area contributed by atoms with Gasteiger partial charge in [-0.3, -0.25) is 0 Å². The van der Waals surface area contributed by atoms with Crippen molar-refractivity contribution in [2.24, 2.45) is 0 Å². The molecule has 0 bridgehead atoms. The normalized spacial score (nSPS) is 10.4. The molecule has 0 unspecified atom stereocenters. The number of para-hydroxylation sites is 1. The summed E-state index contributed by atoms with van der Waals surface area (Å²) in [4.78, 5) is 8.72. The Morgan fingerprint density at radius 2 is 2.00 bits per heavy atom. The Balaban J connectivity index is 2.50. The number of hydrogen-bond acceptors (Lipinski definition) is 4. The van der Waals surface area contributed by atoms with Crippen LogP contribution in [0.1, 0.15) is 18.3 Å². The minimum atomic E-state index is -0.0901. The van der Waals surface area contributed by atoms with Gasteiger partial charge in [0, 0.05) is 5.69 Å². The van der Waals surface area contributed by atoms with Gasteiger partial charge in [-0.1, -0.05) is 12.1 Å². The fourth-order valence-electron chi connectivity index (χ4n) is 1.77. The van der Waals surface area contributed by atoms with Gasteiger partial charge < -0.3 is 9.84 Å². The maximum absolute atomic E-state index is 9.18. The average molecular weight is 244 g/mol. The first-order valence-electron chi connectivity index (χ1n) is 5.92. The second-order valence-electron chi connectivity index (χ2n) is 3.91. The van der Waals surface area contributed by atoms with Crippen LogP contribution in [0.4, 0.5) is 0 Å². The molecule has 0 aliphatic heterocycles. The highest BCUT2D eigenvalue weighted by Crippen LogP contribution is 2.27. The number of aromatic nitrogens is 2. The van der Waals surface area contributed by atoms with Gasteiger partial charge in [-0.05, 0) is 32.0 Å². The SMILES string of the molecule is CCOc1ccccc1-c1nc(C)cc(CO)n1. The van der Waals surface area contributed by atoms with Gasteiger partial charge in [0.1, 0.15) is 5.75 Å². The summed E-state index contributed by atoms with van der Waals surface area (Å²) in [5.41, 5.74) is 2.29. The van der Waals surface area contributed by atoms with Gasteiger partial charge in [-0.25, -0.2) is 9.97 Å². The van der Waals surface area contributed by atoms with Crippen molar-refractivity contribution in [1.82, 2.24) is 9.97 Å². The fourth-order valence-corrected chi connectivity index (χ4v) is 1.77. The zero-order valence-electron chi connectivity index (χ0n) is 10.6. The largest absolute Gasteiger partial charge is 0.493 e. The highest BCUT2D eigenvalue weighted by molar-refractivity contribution is 5.64. The van der Waals surface area contributed by atoms with Gasteiger partial charge in [0.15, 0.2) is 5.82 Å². The minimum Gasteiger partial charge on any atom is -0.493 e. The number of aryl methyl sites for hydroxylation is 1. The number of aliphatic hydroxyl groups is 1. The molecule has 0 atom stereocenters.